The molecule has 466 valence electrons. The van der Waals surface area contributed by atoms with E-state index in [2.05, 4.69) is 19.9 Å². The zero-order chi connectivity index (χ0) is 63.1. The molecule has 4 aromatic carbocycles. The van der Waals surface area contributed by atoms with Crippen LogP contribution in [-0.4, -0.2) is 115 Å². The van der Waals surface area contributed by atoms with Crippen molar-refractivity contribution in [1.29, 1.82) is 0 Å². The quantitative estimate of drug-likeness (QED) is 0.0672. The van der Waals surface area contributed by atoms with Crippen LogP contribution in [0.15, 0.2) is 115 Å². The number of nitrogens with zero attached hydrogens (tertiary/aromatic N) is 7. The molecule has 1 aliphatic carbocycles. The number of piperazine rings is 1. The second kappa shape index (κ2) is 22.6. The Balaban J connectivity index is 1.08. The molecule has 0 N–H and O–H groups in total. The molecule has 3 fully saturated rings. The normalized spacial score (nSPS) is 20.7. The average Bonchev–Trinajstić information content (AvgIpc) is 1.42. The molecule has 1 amide bonds. The van der Waals surface area contributed by atoms with Gasteiger partial charge in [-0.15, -0.1) is 0 Å². The first kappa shape index (κ1) is 61.8. The van der Waals surface area contributed by atoms with Gasteiger partial charge in [-0.1, -0.05) is 106 Å². The molecule has 5 atom stereocenters. The standard InChI is InChI=1S/C64H66F9N7O7Si/c1-37-49(63(68,69)70)45(30-47(74-37)78(31-38-20-25-41(82-8)26-21-38)32-39-22-27-42(83-9)28-23-39)51-50(65)52-48-55(79-33-40-24-29-46(80(40)58(81)87-59(2,3)4)53(79)54(64(71,72)73)86-56(48)75-51)77-57(76-52)84-35-61(34-62(61,66)67)36-85-88(60(5,6)7,43-16-12-10-13-17-43)44-18-14-11-15-19-44/h10-23,25-28,30,40,46,53-54H,24,29,31-36H2,1-9H3/t40-,46+,53+,54-,61?/m1/s1. The number of amides is 1. The number of hydrogen-bond acceptors (Lipinski definition) is 13. The molecular formula is C64H66F9N7O7Si. The molecule has 4 aliphatic rings. The predicted molar refractivity (Wildman–Crippen MR) is 314 cm³/mol. The van der Waals surface area contributed by atoms with Gasteiger partial charge in [-0.2, -0.15) is 36.3 Å². The number of alkyl halides is 8. The number of benzene rings is 4. The number of methoxy groups -OCH3 is 2. The highest BCUT2D eigenvalue weighted by Crippen LogP contribution is 2.61. The van der Waals surface area contributed by atoms with Crippen molar-refractivity contribution < 1.29 is 72.4 Å². The highest BCUT2D eigenvalue weighted by Gasteiger charge is 2.73. The van der Waals surface area contributed by atoms with Crippen LogP contribution < -0.4 is 39.1 Å². The SMILES string of the molecule is COc1ccc(CN(Cc2ccc(OC)cc2)c2cc(-c3nc4c5c(nc(OCC6(CO[Si](c7ccccc7)(c7ccccc7)C(C)(C)C)CC6(F)F)nc5c3F)N3C[C@H]5CC[C@@H]([C@H]3[C@H](C(F)(F)F)O4)N5C(=O)OC(C)(C)C)c(C(F)(F)F)c(C)n2)cc1. The van der Waals surface area contributed by atoms with Gasteiger partial charge < -0.3 is 37.9 Å². The summed E-state index contributed by atoms with van der Waals surface area (Å²) in [5, 5.41) is 0.396. The zero-order valence-corrected chi connectivity index (χ0v) is 50.8. The number of fused-ring (bicyclic) bond motifs is 5. The fourth-order valence-corrected chi connectivity index (χ4v) is 17.3. The summed E-state index contributed by atoms with van der Waals surface area (Å²) < 4.78 is 183. The van der Waals surface area contributed by atoms with Crippen molar-refractivity contribution in [2.45, 2.75) is 134 Å². The van der Waals surface area contributed by atoms with Gasteiger partial charge in [0.15, 0.2) is 5.82 Å². The lowest BCUT2D eigenvalue weighted by Gasteiger charge is -2.48. The van der Waals surface area contributed by atoms with Crippen LogP contribution >= 0.6 is 0 Å². The van der Waals surface area contributed by atoms with Gasteiger partial charge >= 0.3 is 24.5 Å². The number of halogens is 9. The Labute approximate surface area is 504 Å². The van der Waals surface area contributed by atoms with E-state index in [0.29, 0.717) is 22.6 Å². The van der Waals surface area contributed by atoms with Crippen LogP contribution in [0.4, 0.5) is 55.9 Å². The van der Waals surface area contributed by atoms with Gasteiger partial charge in [0, 0.05) is 38.2 Å². The molecular weight excluding hydrogens is 1180 g/mol. The Hall–Kier alpha value is -7.86. The van der Waals surface area contributed by atoms with Crippen molar-refractivity contribution in [3.05, 3.63) is 143 Å². The fourth-order valence-electron chi connectivity index (χ4n) is 12.7. The monoisotopic (exact) mass is 1240 g/mol. The minimum absolute atomic E-state index is 0.00246. The van der Waals surface area contributed by atoms with Gasteiger partial charge in [-0.25, -0.2) is 27.9 Å². The molecule has 2 bridgehead atoms. The Morgan fingerprint density at radius 3 is 1.83 bits per heavy atom. The Morgan fingerprint density at radius 2 is 1.33 bits per heavy atom. The summed E-state index contributed by atoms with van der Waals surface area (Å²) in [5.74, 6) is -5.48. The summed E-state index contributed by atoms with van der Waals surface area (Å²) in [6.45, 7) is 10.0. The van der Waals surface area contributed by atoms with Gasteiger partial charge in [0.2, 0.25) is 12.0 Å². The highest BCUT2D eigenvalue weighted by atomic mass is 28.4. The molecule has 1 unspecified atom stereocenters. The third kappa shape index (κ3) is 11.5. The summed E-state index contributed by atoms with van der Waals surface area (Å²) >= 11 is 0. The molecule has 14 nitrogen and oxygen atoms in total. The van der Waals surface area contributed by atoms with Crippen molar-refractivity contribution in [1.82, 2.24) is 24.8 Å². The Morgan fingerprint density at radius 1 is 0.761 bits per heavy atom. The molecule has 6 heterocycles. The number of aryl methyl sites for hydroxylation is 1. The van der Waals surface area contributed by atoms with E-state index in [1.807, 2.05) is 81.4 Å². The number of ether oxygens (including phenoxy) is 5. The van der Waals surface area contributed by atoms with Crippen LogP contribution in [0.5, 0.6) is 23.4 Å². The van der Waals surface area contributed by atoms with Crippen LogP contribution in [0.25, 0.3) is 22.2 Å². The van der Waals surface area contributed by atoms with E-state index in [4.69, 9.17) is 28.1 Å². The molecule has 2 saturated heterocycles. The summed E-state index contributed by atoms with van der Waals surface area (Å²) in [7, 11) is -0.499. The minimum atomic E-state index is -5.30. The Bertz CT molecular complexity index is 3640. The third-order valence-electron chi connectivity index (χ3n) is 17.0. The fraction of sp³-hybridized carbons (Fsp3) is 0.422. The second-order valence-electron chi connectivity index (χ2n) is 25.0. The predicted octanol–water partition coefficient (Wildman–Crippen LogP) is 13.0. The molecule has 3 aromatic heterocycles. The van der Waals surface area contributed by atoms with E-state index in [-0.39, 0.29) is 38.3 Å². The first-order valence-electron chi connectivity index (χ1n) is 28.7. The van der Waals surface area contributed by atoms with E-state index in [0.717, 1.165) is 23.4 Å². The van der Waals surface area contributed by atoms with Crippen LogP contribution in [0.2, 0.25) is 5.04 Å². The van der Waals surface area contributed by atoms with Crippen LogP contribution in [0, 0.1) is 18.2 Å². The smallest absolute Gasteiger partial charge is 0.427 e. The van der Waals surface area contributed by atoms with Crippen molar-refractivity contribution in [2.24, 2.45) is 5.41 Å². The number of rotatable bonds is 16. The molecule has 24 heteroatoms. The van der Waals surface area contributed by atoms with Crippen LogP contribution in [0.1, 0.15) is 83.2 Å². The first-order valence-corrected chi connectivity index (χ1v) is 30.6. The van der Waals surface area contributed by atoms with Crippen molar-refractivity contribution in [3.63, 3.8) is 0 Å². The van der Waals surface area contributed by atoms with Crippen molar-refractivity contribution in [3.8, 4) is 34.6 Å². The number of carbonyl (C=O) groups is 1. The number of aromatic nitrogens is 4. The van der Waals surface area contributed by atoms with E-state index < -0.39 is 150 Å². The zero-order valence-electron chi connectivity index (χ0n) is 49.8. The van der Waals surface area contributed by atoms with E-state index in [1.165, 1.54) is 24.0 Å². The summed E-state index contributed by atoms with van der Waals surface area (Å²) in [4.78, 5) is 35.8. The van der Waals surface area contributed by atoms with E-state index in [9.17, 15) is 4.79 Å². The van der Waals surface area contributed by atoms with Crippen molar-refractivity contribution >= 4 is 47.3 Å². The van der Waals surface area contributed by atoms with Gasteiger partial charge in [-0.3, -0.25) is 4.90 Å². The van der Waals surface area contributed by atoms with E-state index in [1.54, 1.807) is 74.2 Å². The minimum Gasteiger partial charge on any atom is -0.497 e. The summed E-state index contributed by atoms with van der Waals surface area (Å²) in [5.41, 5.74) is -6.89. The molecule has 1 saturated carbocycles. The molecule has 11 rings (SSSR count). The first-order chi connectivity index (χ1) is 41.5. The molecule has 3 aliphatic heterocycles. The van der Waals surface area contributed by atoms with Crippen LogP contribution in [0.3, 0.4) is 0 Å². The number of hydrogen-bond donors (Lipinski definition) is 0. The van der Waals surface area contributed by atoms with Gasteiger partial charge in [0.25, 0.3) is 14.2 Å². The van der Waals surface area contributed by atoms with Crippen molar-refractivity contribution in [2.75, 3.05) is 43.8 Å². The number of carbonyl (C=O) groups excluding carboxylic acids is 1. The Kier molecular flexibility index (Phi) is 15.9. The van der Waals surface area contributed by atoms with Gasteiger partial charge in [-0.05, 0) is 97.4 Å². The molecule has 7 aromatic rings. The highest BCUT2D eigenvalue weighted by molar-refractivity contribution is 6.99. The maximum Gasteiger partial charge on any atom is 0.427 e. The number of pyridine rings is 2. The maximum absolute atomic E-state index is 18.5. The third-order valence-corrected chi connectivity index (χ3v) is 21.9. The maximum atomic E-state index is 18.5. The van der Waals surface area contributed by atoms with Crippen LogP contribution in [-0.2, 0) is 28.4 Å². The van der Waals surface area contributed by atoms with Gasteiger partial charge in [0.1, 0.15) is 51.9 Å². The lowest BCUT2D eigenvalue weighted by atomic mass is 9.96. The topological polar surface area (TPSA) is 134 Å². The van der Waals surface area contributed by atoms with Gasteiger partial charge in [0.05, 0.1) is 49.0 Å². The number of anilines is 2. The average molecular weight is 1240 g/mol. The molecule has 0 radical (unpaired) electrons. The summed E-state index contributed by atoms with van der Waals surface area (Å²) in [6, 6.07) is 28.5. The van der Waals surface area contributed by atoms with E-state index >= 15 is 39.5 Å². The lowest BCUT2D eigenvalue weighted by molar-refractivity contribution is -0.206. The molecule has 88 heavy (non-hydrogen) atoms. The summed E-state index contributed by atoms with van der Waals surface area (Å²) in [6.07, 6.45) is -14.9. The largest absolute Gasteiger partial charge is 0.497 e. The second-order valence-corrected chi connectivity index (χ2v) is 29.3. The molecule has 0 spiro atoms. The lowest BCUT2D eigenvalue weighted by Crippen LogP contribution is -2.68.